The predicted molar refractivity (Wildman–Crippen MR) is 122 cm³/mol. The number of hydrogen-bond acceptors (Lipinski definition) is 6. The normalized spacial score (nSPS) is 11.7. The summed E-state index contributed by atoms with van der Waals surface area (Å²) < 4.78 is 54.2. The Morgan fingerprint density at radius 2 is 1.94 bits per heavy atom. The first-order valence-electron chi connectivity index (χ1n) is 10.1. The van der Waals surface area contributed by atoms with Crippen molar-refractivity contribution in [3.63, 3.8) is 0 Å². The number of rotatable bonds is 8. The van der Waals surface area contributed by atoms with Crippen LogP contribution in [0.2, 0.25) is 0 Å². The van der Waals surface area contributed by atoms with Gasteiger partial charge in [-0.3, -0.25) is 9.69 Å². The van der Waals surface area contributed by atoms with Crippen LogP contribution in [0.15, 0.2) is 60.0 Å². The number of fused-ring (bicyclic) bond motifs is 1. The second kappa shape index (κ2) is 9.36. The molecule has 0 saturated heterocycles. The van der Waals surface area contributed by atoms with Crippen LogP contribution in [0.3, 0.4) is 0 Å². The number of benzene rings is 2. The van der Waals surface area contributed by atoms with E-state index in [0.29, 0.717) is 17.7 Å². The summed E-state index contributed by atoms with van der Waals surface area (Å²) in [5, 5.41) is 0.232. The number of halogens is 2. The molecule has 172 valence electrons. The molecule has 0 bridgehead atoms. The molecule has 4 aromatic rings. The zero-order valence-electron chi connectivity index (χ0n) is 17.6. The molecular weight excluding hydrogens is 470 g/mol. The number of aromatic nitrogens is 3. The predicted octanol–water partition coefficient (Wildman–Crippen LogP) is 4.30. The number of sulfone groups is 1. The molecule has 0 saturated carbocycles. The molecule has 0 aliphatic carbocycles. The molecule has 0 fully saturated rings. The maximum Gasteiger partial charge on any atom is 0.260 e. The van der Waals surface area contributed by atoms with Crippen LogP contribution >= 0.6 is 11.3 Å². The van der Waals surface area contributed by atoms with E-state index in [1.807, 2.05) is 4.57 Å². The SMILES string of the molecule is CCS(=O)(=O)c1ccc(C(=O)N(CCCn2ccnc2)c2nc3c(F)cc(F)cc3s2)cc1. The minimum Gasteiger partial charge on any atom is -0.337 e. The molecular formula is C22H20F2N4O3S2. The Labute approximate surface area is 193 Å². The van der Waals surface area contributed by atoms with Crippen LogP contribution in [0.1, 0.15) is 23.7 Å². The highest BCUT2D eigenvalue weighted by Crippen LogP contribution is 2.32. The second-order valence-corrected chi connectivity index (χ2v) is 10.6. The number of anilines is 1. The van der Waals surface area contributed by atoms with E-state index in [1.54, 1.807) is 25.6 Å². The highest BCUT2D eigenvalue weighted by Gasteiger charge is 2.23. The van der Waals surface area contributed by atoms with Crippen LogP contribution in [0, 0.1) is 11.6 Å². The van der Waals surface area contributed by atoms with E-state index in [-0.39, 0.29) is 33.4 Å². The van der Waals surface area contributed by atoms with E-state index in [9.17, 15) is 22.0 Å². The van der Waals surface area contributed by atoms with Crippen LogP contribution < -0.4 is 4.90 Å². The van der Waals surface area contributed by atoms with Crippen molar-refractivity contribution in [2.75, 3.05) is 17.2 Å². The Morgan fingerprint density at radius 1 is 1.18 bits per heavy atom. The lowest BCUT2D eigenvalue weighted by molar-refractivity contribution is 0.0986. The number of amides is 1. The lowest BCUT2D eigenvalue weighted by Crippen LogP contribution is -2.32. The van der Waals surface area contributed by atoms with Crippen molar-refractivity contribution in [2.24, 2.45) is 0 Å². The summed E-state index contributed by atoms with van der Waals surface area (Å²) >= 11 is 1.01. The zero-order valence-corrected chi connectivity index (χ0v) is 19.2. The average molecular weight is 491 g/mol. The molecule has 2 aromatic carbocycles. The topological polar surface area (TPSA) is 85.2 Å². The molecule has 0 unspecified atom stereocenters. The monoisotopic (exact) mass is 490 g/mol. The van der Waals surface area contributed by atoms with Gasteiger partial charge >= 0.3 is 0 Å². The molecule has 33 heavy (non-hydrogen) atoms. The van der Waals surface area contributed by atoms with Gasteiger partial charge in [-0.15, -0.1) is 0 Å². The fraction of sp³-hybridized carbons (Fsp3) is 0.227. The van der Waals surface area contributed by atoms with Gasteiger partial charge in [0.1, 0.15) is 11.3 Å². The van der Waals surface area contributed by atoms with Crippen molar-refractivity contribution in [1.82, 2.24) is 14.5 Å². The minimum absolute atomic E-state index is 0.00630. The Hall–Kier alpha value is -3.18. The largest absolute Gasteiger partial charge is 0.337 e. The zero-order chi connectivity index (χ0) is 23.6. The molecule has 11 heteroatoms. The van der Waals surface area contributed by atoms with Crippen LogP contribution in [0.5, 0.6) is 0 Å². The van der Waals surface area contributed by atoms with Crippen molar-refractivity contribution in [2.45, 2.75) is 24.8 Å². The van der Waals surface area contributed by atoms with Crippen LogP contribution in [-0.2, 0) is 16.4 Å². The summed E-state index contributed by atoms with van der Waals surface area (Å²) in [5.41, 5.74) is 0.256. The number of aryl methyl sites for hydroxylation is 1. The standard InChI is InChI=1S/C22H20F2N4O3S2/c1-2-33(30,31)17-6-4-15(5-7-17)21(29)28(10-3-9-27-11-8-25-14-27)22-26-20-18(24)12-16(23)13-19(20)32-22/h4-8,11-14H,2-3,9-10H2,1H3. The van der Waals surface area contributed by atoms with E-state index >= 15 is 0 Å². The second-order valence-electron chi connectivity index (χ2n) is 7.27. The van der Waals surface area contributed by atoms with E-state index in [0.717, 1.165) is 17.4 Å². The first kappa shape index (κ1) is 23.0. The quantitative estimate of drug-likeness (QED) is 0.368. The van der Waals surface area contributed by atoms with Gasteiger partial charge in [0, 0.05) is 37.1 Å². The molecule has 2 heterocycles. The summed E-state index contributed by atoms with van der Waals surface area (Å²) in [6.45, 7) is 2.40. The van der Waals surface area contributed by atoms with Crippen molar-refractivity contribution in [3.8, 4) is 0 Å². The van der Waals surface area contributed by atoms with Gasteiger partial charge in [0.25, 0.3) is 5.91 Å². The van der Waals surface area contributed by atoms with Crippen LogP contribution in [0.25, 0.3) is 10.2 Å². The first-order chi connectivity index (χ1) is 15.8. The Morgan fingerprint density at radius 3 is 2.61 bits per heavy atom. The van der Waals surface area contributed by atoms with E-state index < -0.39 is 27.4 Å². The lowest BCUT2D eigenvalue weighted by Gasteiger charge is -2.20. The molecule has 0 aliphatic rings. The third kappa shape index (κ3) is 4.93. The summed E-state index contributed by atoms with van der Waals surface area (Å²) in [5.74, 6) is -1.98. The minimum atomic E-state index is -3.40. The summed E-state index contributed by atoms with van der Waals surface area (Å²) in [4.78, 5) is 23.1. The van der Waals surface area contributed by atoms with Gasteiger partial charge in [-0.25, -0.2) is 27.2 Å². The number of carbonyl (C=O) groups is 1. The molecule has 0 atom stereocenters. The van der Waals surface area contributed by atoms with Gasteiger partial charge < -0.3 is 4.57 Å². The third-order valence-corrected chi connectivity index (χ3v) is 7.85. The molecule has 0 radical (unpaired) electrons. The number of nitrogens with zero attached hydrogens (tertiary/aromatic N) is 4. The van der Waals surface area contributed by atoms with Crippen molar-refractivity contribution in [1.29, 1.82) is 0 Å². The Balaban J connectivity index is 1.66. The lowest BCUT2D eigenvalue weighted by atomic mass is 10.2. The van der Waals surface area contributed by atoms with Gasteiger partial charge in [0.15, 0.2) is 20.8 Å². The molecule has 1 amide bonds. The molecule has 4 rings (SSSR count). The maximum atomic E-state index is 14.2. The summed E-state index contributed by atoms with van der Waals surface area (Å²) in [7, 11) is -3.40. The average Bonchev–Trinajstić information content (AvgIpc) is 3.46. The number of hydrogen-bond donors (Lipinski definition) is 0. The number of imidazole rings is 1. The number of thiazole rings is 1. The highest BCUT2D eigenvalue weighted by atomic mass is 32.2. The van der Waals surface area contributed by atoms with Gasteiger partial charge in [0.2, 0.25) is 0 Å². The highest BCUT2D eigenvalue weighted by molar-refractivity contribution is 7.91. The van der Waals surface area contributed by atoms with Gasteiger partial charge in [-0.1, -0.05) is 18.3 Å². The van der Waals surface area contributed by atoms with E-state index in [4.69, 9.17) is 0 Å². The fourth-order valence-corrected chi connectivity index (χ4v) is 5.22. The molecule has 0 spiro atoms. The van der Waals surface area contributed by atoms with Gasteiger partial charge in [-0.2, -0.15) is 0 Å². The molecule has 7 nitrogen and oxygen atoms in total. The van der Waals surface area contributed by atoms with Gasteiger partial charge in [-0.05, 0) is 36.8 Å². The number of carbonyl (C=O) groups excluding carboxylic acids is 1. The van der Waals surface area contributed by atoms with Crippen molar-refractivity contribution in [3.05, 3.63) is 72.3 Å². The maximum absolute atomic E-state index is 14.2. The smallest absolute Gasteiger partial charge is 0.260 e. The summed E-state index contributed by atoms with van der Waals surface area (Å²) in [6.07, 6.45) is 5.67. The van der Waals surface area contributed by atoms with Crippen molar-refractivity contribution >= 4 is 42.4 Å². The third-order valence-electron chi connectivity index (χ3n) is 5.08. The molecule has 2 aromatic heterocycles. The van der Waals surface area contributed by atoms with Crippen LogP contribution in [0.4, 0.5) is 13.9 Å². The van der Waals surface area contributed by atoms with Crippen molar-refractivity contribution < 1.29 is 22.0 Å². The van der Waals surface area contributed by atoms with Crippen LogP contribution in [-0.4, -0.2) is 41.2 Å². The first-order valence-corrected chi connectivity index (χ1v) is 12.6. The fourth-order valence-electron chi connectivity index (χ4n) is 3.30. The Bertz CT molecular complexity index is 1390. The summed E-state index contributed by atoms with van der Waals surface area (Å²) in [6, 6.07) is 7.61. The van der Waals surface area contributed by atoms with E-state index in [1.165, 1.54) is 35.2 Å². The Kier molecular flexibility index (Phi) is 6.52. The molecule has 0 N–H and O–H groups in total. The molecule has 0 aliphatic heterocycles. The van der Waals surface area contributed by atoms with E-state index in [2.05, 4.69) is 9.97 Å². The van der Waals surface area contributed by atoms with Gasteiger partial charge in [0.05, 0.1) is 21.7 Å².